The summed E-state index contributed by atoms with van der Waals surface area (Å²) in [5.41, 5.74) is 16.3. The summed E-state index contributed by atoms with van der Waals surface area (Å²) in [6.07, 6.45) is 0. The molecule has 254 valence electrons. The van der Waals surface area contributed by atoms with Gasteiger partial charge in [0.1, 0.15) is 0 Å². The highest BCUT2D eigenvalue weighted by Gasteiger charge is 2.36. The summed E-state index contributed by atoms with van der Waals surface area (Å²) >= 11 is 0. The third-order valence-electron chi connectivity index (χ3n) is 12.0. The van der Waals surface area contributed by atoms with Gasteiger partial charge in [-0.3, -0.25) is 0 Å². The molecular weight excluding hydrogens is 651 g/mol. The first-order valence-corrected chi connectivity index (χ1v) is 18.9. The SMILES string of the molecule is CC1(C)c2cc(-c3cc4ccccc4c4ccccc34)ccc2-c2ccc(-n3c4ccc(-c5ccccc5)cc4c4cc(-c5ccccc5)ccc43)cc21. The molecule has 0 spiro atoms. The average molecular weight is 688 g/mol. The summed E-state index contributed by atoms with van der Waals surface area (Å²) in [7, 11) is 0. The van der Waals surface area contributed by atoms with Crippen molar-refractivity contribution in [2.45, 2.75) is 19.3 Å². The van der Waals surface area contributed by atoms with Gasteiger partial charge in [0.2, 0.25) is 0 Å². The van der Waals surface area contributed by atoms with E-state index in [1.807, 2.05) is 0 Å². The number of rotatable bonds is 4. The van der Waals surface area contributed by atoms with Gasteiger partial charge in [-0.2, -0.15) is 0 Å². The minimum Gasteiger partial charge on any atom is -0.309 e. The number of aromatic nitrogens is 1. The van der Waals surface area contributed by atoms with E-state index in [4.69, 9.17) is 0 Å². The molecule has 1 nitrogen and oxygen atoms in total. The topological polar surface area (TPSA) is 4.93 Å². The van der Waals surface area contributed by atoms with Crippen molar-refractivity contribution in [2.75, 3.05) is 0 Å². The molecule has 9 aromatic carbocycles. The molecule has 0 N–H and O–H groups in total. The third kappa shape index (κ3) is 4.58. The maximum atomic E-state index is 2.47. The highest BCUT2D eigenvalue weighted by molar-refractivity contribution is 6.14. The molecule has 10 aromatic rings. The van der Waals surface area contributed by atoms with Crippen LogP contribution in [0.4, 0.5) is 0 Å². The van der Waals surface area contributed by atoms with Gasteiger partial charge in [0.15, 0.2) is 0 Å². The summed E-state index contributed by atoms with van der Waals surface area (Å²) in [5, 5.41) is 7.70. The van der Waals surface area contributed by atoms with Crippen LogP contribution >= 0.6 is 0 Å². The molecule has 0 saturated heterocycles. The molecule has 1 aliphatic carbocycles. The Balaban J connectivity index is 1.07. The lowest BCUT2D eigenvalue weighted by Gasteiger charge is -2.23. The van der Waals surface area contributed by atoms with Crippen LogP contribution in [-0.4, -0.2) is 4.57 Å². The van der Waals surface area contributed by atoms with Gasteiger partial charge in [-0.1, -0.05) is 153 Å². The van der Waals surface area contributed by atoms with E-state index < -0.39 is 0 Å². The van der Waals surface area contributed by atoms with Gasteiger partial charge in [-0.25, -0.2) is 0 Å². The molecular formula is C53H37N. The summed E-state index contributed by atoms with van der Waals surface area (Å²) in [6, 6.07) is 69.6. The second-order valence-electron chi connectivity index (χ2n) is 15.3. The van der Waals surface area contributed by atoms with E-state index >= 15 is 0 Å². The van der Waals surface area contributed by atoms with Crippen LogP contribution in [0, 0.1) is 0 Å². The van der Waals surface area contributed by atoms with Crippen LogP contribution in [0.5, 0.6) is 0 Å². The largest absolute Gasteiger partial charge is 0.309 e. The van der Waals surface area contributed by atoms with Gasteiger partial charge in [-0.05, 0) is 126 Å². The van der Waals surface area contributed by atoms with Crippen molar-refractivity contribution in [2.24, 2.45) is 0 Å². The van der Waals surface area contributed by atoms with Crippen LogP contribution < -0.4 is 0 Å². The normalized spacial score (nSPS) is 13.1. The highest BCUT2D eigenvalue weighted by atomic mass is 15.0. The molecule has 0 fully saturated rings. The van der Waals surface area contributed by atoms with E-state index in [0.29, 0.717) is 0 Å². The highest BCUT2D eigenvalue weighted by Crippen LogP contribution is 2.51. The quantitative estimate of drug-likeness (QED) is 0.162. The second kappa shape index (κ2) is 11.7. The molecule has 0 atom stereocenters. The fourth-order valence-electron chi connectivity index (χ4n) is 9.25. The van der Waals surface area contributed by atoms with Gasteiger partial charge < -0.3 is 4.57 Å². The first-order valence-electron chi connectivity index (χ1n) is 18.9. The van der Waals surface area contributed by atoms with Crippen molar-refractivity contribution in [1.82, 2.24) is 4.57 Å². The summed E-state index contributed by atoms with van der Waals surface area (Å²) in [4.78, 5) is 0. The number of benzene rings is 9. The average Bonchev–Trinajstić information content (AvgIpc) is 3.67. The van der Waals surface area contributed by atoms with Crippen LogP contribution in [0.25, 0.3) is 93.5 Å². The van der Waals surface area contributed by atoms with Gasteiger partial charge >= 0.3 is 0 Å². The van der Waals surface area contributed by atoms with E-state index in [-0.39, 0.29) is 5.41 Å². The Labute approximate surface area is 315 Å². The van der Waals surface area contributed by atoms with Crippen molar-refractivity contribution in [3.8, 4) is 50.2 Å². The maximum absolute atomic E-state index is 2.47. The fourth-order valence-corrected chi connectivity index (χ4v) is 9.25. The molecule has 1 aromatic heterocycles. The zero-order valence-electron chi connectivity index (χ0n) is 30.3. The number of hydrogen-bond acceptors (Lipinski definition) is 0. The van der Waals surface area contributed by atoms with Crippen molar-refractivity contribution in [1.29, 1.82) is 0 Å². The minimum atomic E-state index is -0.178. The van der Waals surface area contributed by atoms with E-state index in [9.17, 15) is 0 Å². The third-order valence-corrected chi connectivity index (χ3v) is 12.0. The van der Waals surface area contributed by atoms with Gasteiger partial charge in [0, 0.05) is 21.9 Å². The molecule has 54 heavy (non-hydrogen) atoms. The smallest absolute Gasteiger partial charge is 0.0541 e. The van der Waals surface area contributed by atoms with Crippen LogP contribution in [0.15, 0.2) is 188 Å². The van der Waals surface area contributed by atoms with E-state index in [0.717, 1.165) is 0 Å². The molecule has 1 aliphatic rings. The Morgan fingerprint density at radius 3 is 1.50 bits per heavy atom. The minimum absolute atomic E-state index is 0.178. The van der Waals surface area contributed by atoms with Gasteiger partial charge in [0.25, 0.3) is 0 Å². The van der Waals surface area contributed by atoms with Crippen molar-refractivity contribution in [3.63, 3.8) is 0 Å². The Kier molecular flexibility index (Phi) is 6.66. The van der Waals surface area contributed by atoms with Crippen LogP contribution in [-0.2, 0) is 5.41 Å². The van der Waals surface area contributed by atoms with Crippen LogP contribution in [0.3, 0.4) is 0 Å². The number of nitrogens with zero attached hydrogens (tertiary/aromatic N) is 1. The maximum Gasteiger partial charge on any atom is 0.0541 e. The molecule has 0 amide bonds. The molecule has 0 bridgehead atoms. The number of hydrogen-bond donors (Lipinski definition) is 0. The second-order valence-corrected chi connectivity index (χ2v) is 15.3. The molecule has 0 radical (unpaired) electrons. The monoisotopic (exact) mass is 687 g/mol. The molecule has 0 saturated carbocycles. The van der Waals surface area contributed by atoms with Crippen molar-refractivity contribution in [3.05, 3.63) is 199 Å². The molecule has 1 heteroatoms. The van der Waals surface area contributed by atoms with Crippen molar-refractivity contribution < 1.29 is 0 Å². The molecule has 0 aliphatic heterocycles. The lowest BCUT2D eigenvalue weighted by atomic mass is 9.81. The fraction of sp³-hybridized carbons (Fsp3) is 0.0566. The zero-order chi connectivity index (χ0) is 36.0. The Hall–Kier alpha value is -6.70. The lowest BCUT2D eigenvalue weighted by molar-refractivity contribution is 0.660. The summed E-state index contributed by atoms with van der Waals surface area (Å²) in [6.45, 7) is 4.79. The first kappa shape index (κ1) is 30.9. The molecule has 0 unspecified atom stereocenters. The predicted octanol–water partition coefficient (Wildman–Crippen LogP) is 14.4. The zero-order valence-corrected chi connectivity index (χ0v) is 30.3. The van der Waals surface area contributed by atoms with Gasteiger partial charge in [0.05, 0.1) is 11.0 Å². The molecule has 11 rings (SSSR count). The molecule has 1 heterocycles. The van der Waals surface area contributed by atoms with Crippen LogP contribution in [0.1, 0.15) is 25.0 Å². The summed E-state index contributed by atoms with van der Waals surface area (Å²) in [5.74, 6) is 0. The Morgan fingerprint density at radius 2 is 0.852 bits per heavy atom. The first-order chi connectivity index (χ1) is 26.5. The van der Waals surface area contributed by atoms with Crippen molar-refractivity contribution >= 4 is 43.4 Å². The van der Waals surface area contributed by atoms with Crippen LogP contribution in [0.2, 0.25) is 0 Å². The van der Waals surface area contributed by atoms with E-state index in [1.165, 1.54) is 105 Å². The summed E-state index contributed by atoms with van der Waals surface area (Å²) < 4.78 is 2.47. The Bertz CT molecular complexity index is 3010. The Morgan fingerprint density at radius 1 is 0.333 bits per heavy atom. The van der Waals surface area contributed by atoms with E-state index in [2.05, 4.69) is 206 Å². The standard InChI is InChI=1S/C53H37N/c1-53(2)49-32-39(46-31-38-17-9-10-18-41(38)42-19-11-12-20-43(42)46)21-25-44(49)45-26-24-40(33-50(45)53)54-51-27-22-36(34-13-5-3-6-14-34)29-47(51)48-30-37(23-28-52(48)54)35-15-7-4-8-16-35/h3-33H,1-2H3. The lowest BCUT2D eigenvalue weighted by Crippen LogP contribution is -2.15. The van der Waals surface area contributed by atoms with Gasteiger partial charge in [-0.15, -0.1) is 0 Å². The predicted molar refractivity (Wildman–Crippen MR) is 230 cm³/mol. The number of fused-ring (bicyclic) bond motifs is 9. The van der Waals surface area contributed by atoms with E-state index in [1.54, 1.807) is 0 Å².